The molecule has 0 aliphatic rings. The van der Waals surface area contributed by atoms with Crippen LogP contribution in [0.25, 0.3) is 33.3 Å². The Morgan fingerprint density at radius 3 is 2.59 bits per heavy atom. The van der Waals surface area contributed by atoms with Crippen LogP contribution < -0.4 is 4.74 Å². The molecule has 1 amide bonds. The molecule has 0 saturated carbocycles. The van der Waals surface area contributed by atoms with Crippen LogP contribution in [-0.2, 0) is 0 Å². The second-order valence-electron chi connectivity index (χ2n) is 7.68. The topological polar surface area (TPSA) is 84.2 Å². The van der Waals surface area contributed by atoms with Crippen molar-refractivity contribution in [1.29, 1.82) is 0 Å². The molecule has 0 radical (unpaired) electrons. The van der Waals surface area contributed by atoms with Gasteiger partial charge in [-0.05, 0) is 43.3 Å². The zero-order valence-electron chi connectivity index (χ0n) is 17.6. The van der Waals surface area contributed by atoms with Gasteiger partial charge in [0.15, 0.2) is 11.6 Å². The standard InChI is InChI=1S/C24H19FN4O3/c1-13-10-16-18(28-13)8-9-19(21(16)25)31-22-17-11-20(32-23(17)27-12-26-22)14-4-6-15(7-5-14)24(30)29(2)3/h4-12,28H,1-3H3. The Bertz CT molecular complexity index is 1470. The molecule has 0 unspecified atom stereocenters. The Hall–Kier alpha value is -4.20. The quantitative estimate of drug-likeness (QED) is 0.418. The summed E-state index contributed by atoms with van der Waals surface area (Å²) >= 11 is 0. The van der Waals surface area contributed by atoms with Crippen molar-refractivity contribution in [3.8, 4) is 23.0 Å². The van der Waals surface area contributed by atoms with E-state index >= 15 is 0 Å². The number of aromatic amines is 1. The van der Waals surface area contributed by atoms with E-state index in [1.165, 1.54) is 11.2 Å². The van der Waals surface area contributed by atoms with Crippen molar-refractivity contribution >= 4 is 27.9 Å². The van der Waals surface area contributed by atoms with E-state index in [9.17, 15) is 9.18 Å². The Morgan fingerprint density at radius 1 is 1.06 bits per heavy atom. The number of aromatic nitrogens is 3. The molecular weight excluding hydrogens is 411 g/mol. The monoisotopic (exact) mass is 430 g/mol. The molecule has 0 saturated heterocycles. The van der Waals surface area contributed by atoms with E-state index in [1.807, 2.05) is 6.92 Å². The fourth-order valence-electron chi connectivity index (χ4n) is 3.56. The van der Waals surface area contributed by atoms with E-state index in [0.29, 0.717) is 33.3 Å². The zero-order valence-corrected chi connectivity index (χ0v) is 17.6. The predicted molar refractivity (Wildman–Crippen MR) is 118 cm³/mol. The molecule has 3 heterocycles. The van der Waals surface area contributed by atoms with E-state index in [2.05, 4.69) is 15.0 Å². The second kappa shape index (κ2) is 7.49. The fourth-order valence-corrected chi connectivity index (χ4v) is 3.56. The maximum absolute atomic E-state index is 15.0. The number of ether oxygens (including phenoxy) is 1. The summed E-state index contributed by atoms with van der Waals surface area (Å²) in [7, 11) is 3.40. The molecule has 1 N–H and O–H groups in total. The number of halogens is 1. The van der Waals surface area contributed by atoms with Crippen LogP contribution in [0.4, 0.5) is 4.39 Å². The minimum Gasteiger partial charge on any atom is -0.437 e. The van der Waals surface area contributed by atoms with Crippen LogP contribution in [0, 0.1) is 12.7 Å². The first-order valence-electron chi connectivity index (χ1n) is 9.93. The highest BCUT2D eigenvalue weighted by Gasteiger charge is 2.17. The zero-order chi connectivity index (χ0) is 22.4. The Kier molecular flexibility index (Phi) is 4.62. The number of carbonyl (C=O) groups excluding carboxylic acids is 1. The highest BCUT2D eigenvalue weighted by molar-refractivity contribution is 5.94. The van der Waals surface area contributed by atoms with Crippen LogP contribution in [0.5, 0.6) is 11.6 Å². The Morgan fingerprint density at radius 2 is 1.84 bits per heavy atom. The molecule has 0 spiro atoms. The molecule has 0 atom stereocenters. The summed E-state index contributed by atoms with van der Waals surface area (Å²) in [6.07, 6.45) is 1.31. The summed E-state index contributed by atoms with van der Waals surface area (Å²) in [6, 6.07) is 13.8. The van der Waals surface area contributed by atoms with Crippen LogP contribution >= 0.6 is 0 Å². The van der Waals surface area contributed by atoms with Gasteiger partial charge in [0.1, 0.15) is 17.5 Å². The van der Waals surface area contributed by atoms with Gasteiger partial charge >= 0.3 is 0 Å². The summed E-state index contributed by atoms with van der Waals surface area (Å²) in [5, 5.41) is 0.964. The molecule has 5 rings (SSSR count). The Labute approximate surface area is 182 Å². The summed E-state index contributed by atoms with van der Waals surface area (Å²) in [6.45, 7) is 1.86. The van der Waals surface area contributed by atoms with E-state index in [4.69, 9.17) is 9.15 Å². The number of fused-ring (bicyclic) bond motifs is 2. The van der Waals surface area contributed by atoms with Crippen molar-refractivity contribution in [2.75, 3.05) is 14.1 Å². The summed E-state index contributed by atoms with van der Waals surface area (Å²) in [5.41, 5.74) is 3.21. The lowest BCUT2D eigenvalue weighted by Gasteiger charge is -2.10. The highest BCUT2D eigenvalue weighted by atomic mass is 19.1. The van der Waals surface area contributed by atoms with Gasteiger partial charge in [-0.15, -0.1) is 0 Å². The first kappa shape index (κ1) is 19.7. The van der Waals surface area contributed by atoms with Crippen molar-refractivity contribution in [1.82, 2.24) is 19.9 Å². The first-order valence-corrected chi connectivity index (χ1v) is 9.93. The van der Waals surface area contributed by atoms with Gasteiger partial charge in [0.25, 0.3) is 5.91 Å². The molecular formula is C24H19FN4O3. The van der Waals surface area contributed by atoms with Crippen LogP contribution in [0.1, 0.15) is 16.1 Å². The lowest BCUT2D eigenvalue weighted by atomic mass is 10.1. The van der Waals surface area contributed by atoms with Gasteiger partial charge in [-0.25, -0.2) is 14.4 Å². The molecule has 5 aromatic rings. The number of benzene rings is 2. The molecule has 0 aliphatic carbocycles. The predicted octanol–water partition coefficient (Wildman–Crippen LogP) is 5.31. The smallest absolute Gasteiger partial charge is 0.253 e. The van der Waals surface area contributed by atoms with Crippen molar-refractivity contribution in [2.45, 2.75) is 6.92 Å². The number of nitrogens with one attached hydrogen (secondary N) is 1. The van der Waals surface area contributed by atoms with Crippen molar-refractivity contribution < 1.29 is 18.3 Å². The Balaban J connectivity index is 1.50. The lowest BCUT2D eigenvalue weighted by molar-refractivity contribution is 0.0827. The SMILES string of the molecule is Cc1cc2c(F)c(Oc3ncnc4oc(-c5ccc(C(=O)N(C)C)cc5)cc34)ccc2[nH]1. The van der Waals surface area contributed by atoms with Crippen molar-refractivity contribution in [3.05, 3.63) is 71.9 Å². The second-order valence-corrected chi connectivity index (χ2v) is 7.68. The number of carbonyl (C=O) groups is 1. The third kappa shape index (κ3) is 3.35. The minimum absolute atomic E-state index is 0.0609. The average molecular weight is 430 g/mol. The molecule has 0 bridgehead atoms. The fraction of sp³-hybridized carbons (Fsp3) is 0.125. The van der Waals surface area contributed by atoms with Gasteiger partial charge in [0.05, 0.1) is 0 Å². The number of H-pyrrole nitrogens is 1. The van der Waals surface area contributed by atoms with E-state index in [0.717, 1.165) is 11.3 Å². The molecule has 160 valence electrons. The van der Waals surface area contributed by atoms with Crippen LogP contribution in [0.15, 0.2) is 59.3 Å². The summed E-state index contributed by atoms with van der Waals surface area (Å²) < 4.78 is 26.6. The first-order chi connectivity index (χ1) is 15.4. The third-order valence-electron chi connectivity index (χ3n) is 5.16. The number of nitrogens with zero attached hydrogens (tertiary/aromatic N) is 3. The lowest BCUT2D eigenvalue weighted by Crippen LogP contribution is -2.21. The maximum atomic E-state index is 15.0. The van der Waals surface area contributed by atoms with Crippen LogP contribution in [0.3, 0.4) is 0 Å². The summed E-state index contributed by atoms with van der Waals surface area (Å²) in [5.74, 6) is 0.231. The van der Waals surface area contributed by atoms with Gasteiger partial charge in [-0.2, -0.15) is 0 Å². The normalized spacial score (nSPS) is 11.2. The highest BCUT2D eigenvalue weighted by Crippen LogP contribution is 2.35. The summed E-state index contributed by atoms with van der Waals surface area (Å²) in [4.78, 5) is 25.0. The van der Waals surface area contributed by atoms with Gasteiger partial charge in [0, 0.05) is 41.8 Å². The largest absolute Gasteiger partial charge is 0.437 e. The number of hydrogen-bond donors (Lipinski definition) is 1. The van der Waals surface area contributed by atoms with Gasteiger partial charge in [-0.1, -0.05) is 12.1 Å². The number of amides is 1. The van der Waals surface area contributed by atoms with Crippen LogP contribution in [0.2, 0.25) is 0 Å². The third-order valence-corrected chi connectivity index (χ3v) is 5.16. The molecule has 8 heteroatoms. The number of hydrogen-bond acceptors (Lipinski definition) is 5. The average Bonchev–Trinajstić information content (AvgIpc) is 3.39. The van der Waals surface area contributed by atoms with E-state index in [-0.39, 0.29) is 17.5 Å². The molecule has 32 heavy (non-hydrogen) atoms. The van der Waals surface area contributed by atoms with Crippen LogP contribution in [-0.4, -0.2) is 39.9 Å². The van der Waals surface area contributed by atoms with E-state index in [1.54, 1.807) is 62.6 Å². The number of rotatable bonds is 4. The van der Waals surface area contributed by atoms with Gasteiger partial charge < -0.3 is 19.0 Å². The molecule has 2 aromatic carbocycles. The molecule has 3 aromatic heterocycles. The number of furan rings is 1. The van der Waals surface area contributed by atoms with Crippen molar-refractivity contribution in [2.24, 2.45) is 0 Å². The molecule has 7 nitrogen and oxygen atoms in total. The van der Waals surface area contributed by atoms with Gasteiger partial charge in [0.2, 0.25) is 11.6 Å². The number of aryl methyl sites for hydroxylation is 1. The molecule has 0 aliphatic heterocycles. The van der Waals surface area contributed by atoms with Gasteiger partial charge in [-0.3, -0.25) is 4.79 Å². The minimum atomic E-state index is -0.469. The molecule has 0 fully saturated rings. The van der Waals surface area contributed by atoms with Crippen molar-refractivity contribution in [3.63, 3.8) is 0 Å². The van der Waals surface area contributed by atoms with E-state index < -0.39 is 5.82 Å². The maximum Gasteiger partial charge on any atom is 0.253 e.